The third kappa shape index (κ3) is 3.16. The van der Waals surface area contributed by atoms with Gasteiger partial charge in [-0.1, -0.05) is 0 Å². The highest BCUT2D eigenvalue weighted by molar-refractivity contribution is 7.89. The van der Waals surface area contributed by atoms with Crippen molar-refractivity contribution >= 4 is 10.0 Å². The molecule has 0 aromatic heterocycles. The molecular weight excluding hydrogens is 228 g/mol. The number of nitrogens with zero attached hydrogens (tertiary/aromatic N) is 1. The van der Waals surface area contributed by atoms with Crippen molar-refractivity contribution in [1.82, 2.24) is 9.62 Å². The Morgan fingerprint density at radius 3 is 2.94 bits per heavy atom. The molecule has 0 aromatic carbocycles. The third-order valence-electron chi connectivity index (χ3n) is 3.15. The Morgan fingerprint density at radius 2 is 2.19 bits per heavy atom. The van der Waals surface area contributed by atoms with Crippen LogP contribution < -0.4 is 5.32 Å². The predicted molar refractivity (Wildman–Crippen MR) is 61.8 cm³/mol. The van der Waals surface area contributed by atoms with Crippen LogP contribution in [0.2, 0.25) is 0 Å². The minimum atomic E-state index is -3.07. The van der Waals surface area contributed by atoms with Crippen LogP contribution in [-0.2, 0) is 14.8 Å². The predicted octanol–water partition coefficient (Wildman–Crippen LogP) is -0.210. The quantitative estimate of drug-likeness (QED) is 0.734. The van der Waals surface area contributed by atoms with Gasteiger partial charge in [0, 0.05) is 32.8 Å². The van der Waals surface area contributed by atoms with Crippen LogP contribution in [0.5, 0.6) is 0 Å². The van der Waals surface area contributed by atoms with E-state index in [-0.39, 0.29) is 11.9 Å². The van der Waals surface area contributed by atoms with Crippen molar-refractivity contribution in [2.45, 2.75) is 25.4 Å². The Balaban J connectivity index is 1.95. The summed E-state index contributed by atoms with van der Waals surface area (Å²) in [5.41, 5.74) is 0. The Labute approximate surface area is 97.2 Å². The van der Waals surface area contributed by atoms with E-state index < -0.39 is 10.0 Å². The molecule has 0 saturated carbocycles. The fourth-order valence-electron chi connectivity index (χ4n) is 2.18. The summed E-state index contributed by atoms with van der Waals surface area (Å²) >= 11 is 0. The van der Waals surface area contributed by atoms with E-state index in [2.05, 4.69) is 5.32 Å². The molecule has 1 atom stereocenters. The molecule has 0 amide bonds. The summed E-state index contributed by atoms with van der Waals surface area (Å²) in [5.74, 6) is 0.208. The maximum atomic E-state index is 11.9. The van der Waals surface area contributed by atoms with Crippen molar-refractivity contribution in [2.75, 3.05) is 38.5 Å². The minimum absolute atomic E-state index is 0.0987. The van der Waals surface area contributed by atoms with Crippen molar-refractivity contribution in [3.05, 3.63) is 0 Å². The average Bonchev–Trinajstić information content (AvgIpc) is 2.43. The lowest BCUT2D eigenvalue weighted by atomic mass is 10.1. The number of hydrogen-bond donors (Lipinski definition) is 1. The molecular formula is C10H20N2O3S. The van der Waals surface area contributed by atoms with Gasteiger partial charge in [0.25, 0.3) is 0 Å². The average molecular weight is 248 g/mol. The van der Waals surface area contributed by atoms with Gasteiger partial charge in [-0.05, 0) is 19.3 Å². The molecule has 2 aliphatic heterocycles. The molecule has 0 radical (unpaired) electrons. The normalized spacial score (nSPS) is 32.1. The highest BCUT2D eigenvalue weighted by atomic mass is 32.2. The highest BCUT2D eigenvalue weighted by Crippen LogP contribution is 2.15. The lowest BCUT2D eigenvalue weighted by molar-refractivity contribution is 0.00656. The zero-order chi connectivity index (χ0) is 11.4. The first-order chi connectivity index (χ1) is 7.68. The van der Waals surface area contributed by atoms with Crippen LogP contribution in [0, 0.1) is 0 Å². The standard InChI is InChI=1S/C10H20N2O3S/c13-16(14)8-5-11-4-6-12(16)9-10-3-1-2-7-15-10/h10-11H,1-9H2. The third-order valence-corrected chi connectivity index (χ3v) is 4.99. The molecule has 0 aromatic rings. The van der Waals surface area contributed by atoms with Crippen LogP contribution in [-0.4, -0.2) is 57.4 Å². The van der Waals surface area contributed by atoms with E-state index in [4.69, 9.17) is 4.74 Å². The molecule has 2 rings (SSSR count). The van der Waals surface area contributed by atoms with Gasteiger partial charge in [-0.3, -0.25) is 0 Å². The van der Waals surface area contributed by atoms with Crippen LogP contribution in [0.4, 0.5) is 0 Å². The molecule has 2 heterocycles. The molecule has 2 fully saturated rings. The van der Waals surface area contributed by atoms with E-state index in [0.717, 1.165) is 32.4 Å². The monoisotopic (exact) mass is 248 g/mol. The van der Waals surface area contributed by atoms with Crippen molar-refractivity contribution in [3.8, 4) is 0 Å². The van der Waals surface area contributed by atoms with Crippen LogP contribution in [0.1, 0.15) is 19.3 Å². The van der Waals surface area contributed by atoms with E-state index >= 15 is 0 Å². The Bertz CT molecular complexity index is 312. The van der Waals surface area contributed by atoms with E-state index in [9.17, 15) is 8.42 Å². The second kappa shape index (κ2) is 5.44. The van der Waals surface area contributed by atoms with Gasteiger partial charge in [-0.25, -0.2) is 8.42 Å². The largest absolute Gasteiger partial charge is 0.377 e. The van der Waals surface area contributed by atoms with Gasteiger partial charge in [0.05, 0.1) is 11.9 Å². The molecule has 0 spiro atoms. The zero-order valence-electron chi connectivity index (χ0n) is 9.52. The minimum Gasteiger partial charge on any atom is -0.377 e. The summed E-state index contributed by atoms with van der Waals surface area (Å²) in [5, 5.41) is 3.11. The van der Waals surface area contributed by atoms with E-state index in [1.807, 2.05) is 0 Å². The molecule has 5 nitrogen and oxygen atoms in total. The van der Waals surface area contributed by atoms with Crippen LogP contribution in [0.3, 0.4) is 0 Å². The van der Waals surface area contributed by atoms with Gasteiger partial charge in [-0.15, -0.1) is 0 Å². The number of nitrogens with one attached hydrogen (secondary N) is 1. The Kier molecular flexibility index (Phi) is 4.18. The molecule has 16 heavy (non-hydrogen) atoms. The molecule has 0 aliphatic carbocycles. The number of ether oxygens (including phenoxy) is 1. The fourth-order valence-corrected chi connectivity index (χ4v) is 3.60. The van der Waals surface area contributed by atoms with Crippen LogP contribution >= 0.6 is 0 Å². The lowest BCUT2D eigenvalue weighted by Crippen LogP contribution is -2.41. The molecule has 1 unspecified atom stereocenters. The summed E-state index contributed by atoms with van der Waals surface area (Å²) in [6.45, 7) is 3.18. The summed E-state index contributed by atoms with van der Waals surface area (Å²) in [6.07, 6.45) is 3.34. The van der Waals surface area contributed by atoms with E-state index in [1.165, 1.54) is 0 Å². The van der Waals surface area contributed by atoms with Crippen molar-refractivity contribution < 1.29 is 13.2 Å². The van der Waals surface area contributed by atoms with E-state index in [0.29, 0.717) is 19.6 Å². The zero-order valence-corrected chi connectivity index (χ0v) is 10.3. The molecule has 1 N–H and O–H groups in total. The van der Waals surface area contributed by atoms with Crippen LogP contribution in [0.25, 0.3) is 0 Å². The van der Waals surface area contributed by atoms with Crippen LogP contribution in [0.15, 0.2) is 0 Å². The maximum Gasteiger partial charge on any atom is 0.215 e. The van der Waals surface area contributed by atoms with E-state index in [1.54, 1.807) is 4.31 Å². The number of sulfonamides is 1. The smallest absolute Gasteiger partial charge is 0.215 e. The summed E-state index contributed by atoms with van der Waals surface area (Å²) in [4.78, 5) is 0. The summed E-state index contributed by atoms with van der Waals surface area (Å²) < 4.78 is 31.0. The first-order valence-corrected chi connectivity index (χ1v) is 7.59. The van der Waals surface area contributed by atoms with Gasteiger partial charge in [0.15, 0.2) is 0 Å². The lowest BCUT2D eigenvalue weighted by Gasteiger charge is -2.28. The first-order valence-electron chi connectivity index (χ1n) is 5.99. The Morgan fingerprint density at radius 1 is 1.31 bits per heavy atom. The molecule has 0 bridgehead atoms. The Hall–Kier alpha value is -0.170. The highest BCUT2D eigenvalue weighted by Gasteiger charge is 2.27. The summed E-state index contributed by atoms with van der Waals surface area (Å²) in [6, 6.07) is 0. The number of hydrogen-bond acceptors (Lipinski definition) is 4. The van der Waals surface area contributed by atoms with Gasteiger partial charge < -0.3 is 10.1 Å². The molecule has 6 heteroatoms. The van der Waals surface area contributed by atoms with Gasteiger partial charge in [-0.2, -0.15) is 4.31 Å². The van der Waals surface area contributed by atoms with Crippen molar-refractivity contribution in [1.29, 1.82) is 0 Å². The van der Waals surface area contributed by atoms with Gasteiger partial charge in [0.2, 0.25) is 10.0 Å². The second-order valence-electron chi connectivity index (χ2n) is 4.41. The molecule has 2 aliphatic rings. The molecule has 94 valence electrons. The topological polar surface area (TPSA) is 58.6 Å². The maximum absolute atomic E-state index is 11.9. The van der Waals surface area contributed by atoms with Gasteiger partial charge >= 0.3 is 0 Å². The molecule has 2 saturated heterocycles. The van der Waals surface area contributed by atoms with Gasteiger partial charge in [0.1, 0.15) is 0 Å². The first kappa shape index (κ1) is 12.3. The summed E-state index contributed by atoms with van der Waals surface area (Å²) in [7, 11) is -3.07. The SMILES string of the molecule is O=S1(=O)CCNCCN1CC1CCCCO1. The fraction of sp³-hybridized carbons (Fsp3) is 1.00. The second-order valence-corrected chi connectivity index (χ2v) is 6.50. The van der Waals surface area contributed by atoms with Crippen molar-refractivity contribution in [3.63, 3.8) is 0 Å². The number of rotatable bonds is 2. The van der Waals surface area contributed by atoms with Crippen molar-refractivity contribution in [2.24, 2.45) is 0 Å².